The molecule has 2 fully saturated rings. The van der Waals surface area contributed by atoms with Crippen molar-refractivity contribution in [1.29, 1.82) is 0 Å². The number of rotatable bonds is 4. The maximum Gasteiger partial charge on any atom is 0.292 e. The van der Waals surface area contributed by atoms with Gasteiger partial charge in [-0.25, -0.2) is 0 Å². The molecule has 0 atom stereocenters. The first-order chi connectivity index (χ1) is 7.16. The summed E-state index contributed by atoms with van der Waals surface area (Å²) >= 11 is 0. The van der Waals surface area contributed by atoms with E-state index in [0.717, 1.165) is 26.4 Å². The molecule has 0 amide bonds. The van der Waals surface area contributed by atoms with E-state index in [1.54, 1.807) is 0 Å². The Bertz CT molecular complexity index is 234. The van der Waals surface area contributed by atoms with Crippen molar-refractivity contribution in [3.05, 3.63) is 0 Å². The molecule has 0 bridgehead atoms. The zero-order chi connectivity index (χ0) is 10.9. The normalized spacial score (nSPS) is 23.1. The Morgan fingerprint density at radius 2 is 1.73 bits per heavy atom. The Balaban J connectivity index is 2.03. The minimum absolute atomic E-state index is 0.0667. The molecule has 0 unspecified atom stereocenters. The molecule has 2 aliphatic rings. The number of carbonyl (C=O) groups is 1. The summed E-state index contributed by atoms with van der Waals surface area (Å²) in [5.41, 5.74) is 0.948. The van der Waals surface area contributed by atoms with Crippen LogP contribution in [0.5, 0.6) is 0 Å². The molecular formula is C10H18O4Si. The predicted molar refractivity (Wildman–Crippen MR) is 57.1 cm³/mol. The third-order valence-corrected chi connectivity index (χ3v) is 8.10. The summed E-state index contributed by atoms with van der Waals surface area (Å²) in [5.74, 6) is -0.0667. The molecule has 0 aliphatic carbocycles. The second kappa shape index (κ2) is 4.23. The fraction of sp³-hybridized carbons (Fsp3) is 0.900. The maximum absolute atomic E-state index is 11.4. The Kier molecular flexibility index (Phi) is 3.13. The summed E-state index contributed by atoms with van der Waals surface area (Å²) < 4.78 is 16.2. The third kappa shape index (κ3) is 1.96. The van der Waals surface area contributed by atoms with Gasteiger partial charge in [0.25, 0.3) is 14.3 Å². The molecule has 15 heavy (non-hydrogen) atoms. The molecule has 86 valence electrons. The Labute approximate surface area is 91.0 Å². The molecule has 2 heterocycles. The van der Waals surface area contributed by atoms with Crippen LogP contribution in [-0.4, -0.2) is 40.7 Å². The average Bonchev–Trinajstić information content (AvgIpc) is 1.95. The first-order valence-electron chi connectivity index (χ1n) is 5.54. The lowest BCUT2D eigenvalue weighted by Gasteiger charge is -2.47. The van der Waals surface area contributed by atoms with Crippen LogP contribution >= 0.6 is 0 Å². The monoisotopic (exact) mass is 230 g/mol. The molecule has 0 aromatic rings. The van der Waals surface area contributed by atoms with Crippen molar-refractivity contribution in [3.63, 3.8) is 0 Å². The highest BCUT2D eigenvalue weighted by Crippen LogP contribution is 2.42. The lowest BCUT2D eigenvalue weighted by Crippen LogP contribution is -2.58. The molecule has 0 N–H and O–H groups in total. The number of ether oxygens (including phenoxy) is 2. The second-order valence-corrected chi connectivity index (χ2v) is 8.69. The average molecular weight is 230 g/mol. The molecule has 2 rings (SSSR count). The molecule has 0 aromatic carbocycles. The van der Waals surface area contributed by atoms with Gasteiger partial charge in [0, 0.05) is 17.5 Å². The molecular weight excluding hydrogens is 212 g/mol. The van der Waals surface area contributed by atoms with Crippen LogP contribution in [0.15, 0.2) is 0 Å². The Morgan fingerprint density at radius 3 is 2.00 bits per heavy atom. The van der Waals surface area contributed by atoms with Gasteiger partial charge >= 0.3 is 0 Å². The second-order valence-electron chi connectivity index (χ2n) is 4.48. The van der Waals surface area contributed by atoms with E-state index in [2.05, 4.69) is 6.55 Å². The highest BCUT2D eigenvalue weighted by Gasteiger charge is 2.54. The third-order valence-electron chi connectivity index (χ3n) is 3.52. The fourth-order valence-corrected chi connectivity index (χ4v) is 5.38. The van der Waals surface area contributed by atoms with Gasteiger partial charge in [-0.05, 0) is 6.55 Å². The van der Waals surface area contributed by atoms with Crippen LogP contribution in [-0.2, 0) is 18.7 Å². The van der Waals surface area contributed by atoms with Crippen LogP contribution in [0.4, 0.5) is 0 Å². The molecule has 0 aromatic heterocycles. The largest absolute Gasteiger partial charge is 0.518 e. The van der Waals surface area contributed by atoms with Gasteiger partial charge in [-0.15, -0.1) is 0 Å². The SMILES string of the molecule is CCC(=O)O[Si](C)(C1COC1)C1COC1. The summed E-state index contributed by atoms with van der Waals surface area (Å²) in [6.07, 6.45) is 0.462. The molecule has 4 nitrogen and oxygen atoms in total. The molecule has 0 spiro atoms. The highest BCUT2D eigenvalue weighted by atomic mass is 28.4. The van der Waals surface area contributed by atoms with Crippen LogP contribution < -0.4 is 0 Å². The van der Waals surface area contributed by atoms with Crippen LogP contribution in [0.25, 0.3) is 0 Å². The first-order valence-corrected chi connectivity index (χ1v) is 8.10. The number of hydrogen-bond donors (Lipinski definition) is 0. The fourth-order valence-electron chi connectivity index (χ4n) is 1.95. The standard InChI is InChI=1S/C10H18O4Si/c1-3-10(11)14-15(2,8-4-12-5-8)9-6-13-7-9/h8-9H,3-7H2,1-2H3. The molecule has 2 saturated heterocycles. The summed E-state index contributed by atoms with van der Waals surface area (Å²) in [5, 5.41) is 0. The van der Waals surface area contributed by atoms with Crippen LogP contribution in [0.1, 0.15) is 13.3 Å². The molecule has 5 heteroatoms. The molecule has 2 aliphatic heterocycles. The van der Waals surface area contributed by atoms with Crippen LogP contribution in [0.3, 0.4) is 0 Å². The summed E-state index contributed by atoms with van der Waals surface area (Å²) in [4.78, 5) is 11.4. The first kappa shape index (κ1) is 11.1. The van der Waals surface area contributed by atoms with Crippen LogP contribution in [0, 0.1) is 0 Å². The van der Waals surface area contributed by atoms with Gasteiger partial charge in [0.05, 0.1) is 26.4 Å². The quantitative estimate of drug-likeness (QED) is 0.683. The van der Waals surface area contributed by atoms with E-state index in [9.17, 15) is 4.79 Å². The van der Waals surface area contributed by atoms with Crippen molar-refractivity contribution in [2.45, 2.75) is 31.0 Å². The van der Waals surface area contributed by atoms with Crippen molar-refractivity contribution in [2.75, 3.05) is 26.4 Å². The number of carbonyl (C=O) groups excluding carboxylic acids is 1. The van der Waals surface area contributed by atoms with Gasteiger partial charge in [0.1, 0.15) is 0 Å². The summed E-state index contributed by atoms with van der Waals surface area (Å²) in [6, 6.07) is 0. The predicted octanol–water partition coefficient (Wildman–Crippen LogP) is 1.32. The summed E-state index contributed by atoms with van der Waals surface area (Å²) in [7, 11) is -1.97. The van der Waals surface area contributed by atoms with E-state index < -0.39 is 8.32 Å². The van der Waals surface area contributed by atoms with Gasteiger partial charge in [-0.3, -0.25) is 4.79 Å². The smallest absolute Gasteiger partial charge is 0.292 e. The minimum atomic E-state index is -1.97. The maximum atomic E-state index is 11.4. The van der Waals surface area contributed by atoms with Crippen molar-refractivity contribution in [2.24, 2.45) is 0 Å². The Hall–Kier alpha value is -0.393. The van der Waals surface area contributed by atoms with Gasteiger partial charge in [-0.1, -0.05) is 6.92 Å². The van der Waals surface area contributed by atoms with E-state index in [0.29, 0.717) is 17.5 Å². The molecule has 0 radical (unpaired) electrons. The zero-order valence-electron chi connectivity index (χ0n) is 9.32. The van der Waals surface area contributed by atoms with E-state index >= 15 is 0 Å². The van der Waals surface area contributed by atoms with Crippen molar-refractivity contribution in [3.8, 4) is 0 Å². The lowest BCUT2D eigenvalue weighted by molar-refractivity contribution is -0.136. The van der Waals surface area contributed by atoms with Gasteiger partial charge in [-0.2, -0.15) is 0 Å². The highest BCUT2D eigenvalue weighted by molar-refractivity contribution is 6.77. The van der Waals surface area contributed by atoms with Gasteiger partial charge in [0.15, 0.2) is 0 Å². The molecule has 0 saturated carbocycles. The van der Waals surface area contributed by atoms with E-state index in [4.69, 9.17) is 13.9 Å². The summed E-state index contributed by atoms with van der Waals surface area (Å²) in [6.45, 7) is 7.03. The van der Waals surface area contributed by atoms with Crippen molar-refractivity contribution >= 4 is 14.3 Å². The number of hydrogen-bond acceptors (Lipinski definition) is 4. The van der Waals surface area contributed by atoms with Crippen molar-refractivity contribution < 1.29 is 18.7 Å². The van der Waals surface area contributed by atoms with Gasteiger partial charge in [0.2, 0.25) is 0 Å². The van der Waals surface area contributed by atoms with E-state index in [1.807, 2.05) is 6.92 Å². The van der Waals surface area contributed by atoms with E-state index in [1.165, 1.54) is 0 Å². The van der Waals surface area contributed by atoms with Gasteiger partial charge < -0.3 is 13.9 Å². The van der Waals surface area contributed by atoms with Crippen LogP contribution in [0.2, 0.25) is 17.6 Å². The zero-order valence-corrected chi connectivity index (χ0v) is 10.3. The van der Waals surface area contributed by atoms with E-state index in [-0.39, 0.29) is 5.97 Å². The minimum Gasteiger partial charge on any atom is -0.518 e. The lowest BCUT2D eigenvalue weighted by atomic mass is 10.4. The van der Waals surface area contributed by atoms with Crippen molar-refractivity contribution in [1.82, 2.24) is 0 Å². The Morgan fingerprint density at radius 1 is 1.27 bits per heavy atom. The topological polar surface area (TPSA) is 44.8 Å².